The van der Waals surface area contributed by atoms with Crippen molar-refractivity contribution >= 4 is 11.8 Å². The van der Waals surface area contributed by atoms with Crippen LogP contribution in [0.4, 0.5) is 4.39 Å². The molecule has 3 rings (SSSR count). The van der Waals surface area contributed by atoms with E-state index in [4.69, 9.17) is 4.74 Å². The second kappa shape index (κ2) is 9.39. The Morgan fingerprint density at radius 2 is 1.83 bits per heavy atom. The minimum absolute atomic E-state index is 0.0152. The Morgan fingerprint density at radius 1 is 1.13 bits per heavy atom. The summed E-state index contributed by atoms with van der Waals surface area (Å²) in [5.41, 5.74) is 2.01. The van der Waals surface area contributed by atoms with Crippen LogP contribution in [0.5, 0.6) is 0 Å². The number of rotatable bonds is 6. The van der Waals surface area contributed by atoms with E-state index >= 15 is 0 Å². The van der Waals surface area contributed by atoms with Crippen molar-refractivity contribution in [2.24, 2.45) is 5.41 Å². The van der Waals surface area contributed by atoms with Gasteiger partial charge in [-0.2, -0.15) is 0 Å². The Hall–Kier alpha value is -2.73. The van der Waals surface area contributed by atoms with Crippen LogP contribution in [0, 0.1) is 11.2 Å². The van der Waals surface area contributed by atoms with Crippen molar-refractivity contribution in [3.05, 3.63) is 59.9 Å². The van der Waals surface area contributed by atoms with E-state index < -0.39 is 5.41 Å². The Labute approximate surface area is 177 Å². The first-order valence-corrected chi connectivity index (χ1v) is 10.2. The van der Waals surface area contributed by atoms with Gasteiger partial charge in [0.25, 0.3) is 0 Å². The number of amides is 2. The molecule has 1 unspecified atom stereocenters. The molecule has 0 aromatic heterocycles. The molecule has 1 atom stereocenters. The monoisotopic (exact) mass is 412 g/mol. The van der Waals surface area contributed by atoms with Gasteiger partial charge in [0.15, 0.2) is 0 Å². The Morgan fingerprint density at radius 3 is 2.50 bits per heavy atom. The second-order valence-corrected chi connectivity index (χ2v) is 8.22. The molecule has 30 heavy (non-hydrogen) atoms. The lowest BCUT2D eigenvalue weighted by Gasteiger charge is -2.43. The maximum absolute atomic E-state index is 13.7. The second-order valence-electron chi connectivity index (χ2n) is 8.22. The van der Waals surface area contributed by atoms with Gasteiger partial charge in [0.2, 0.25) is 11.8 Å². The molecule has 1 fully saturated rings. The molecule has 6 heteroatoms. The van der Waals surface area contributed by atoms with E-state index in [-0.39, 0.29) is 24.2 Å². The van der Waals surface area contributed by atoms with E-state index in [0.717, 1.165) is 23.1 Å². The molecular weight excluding hydrogens is 383 g/mol. The lowest BCUT2D eigenvalue weighted by Crippen LogP contribution is -2.54. The molecule has 0 N–H and O–H groups in total. The number of nitrogens with zero attached hydrogens (tertiary/aromatic N) is 2. The van der Waals surface area contributed by atoms with Gasteiger partial charge in [0, 0.05) is 34.3 Å². The van der Waals surface area contributed by atoms with Crippen molar-refractivity contribution in [1.82, 2.24) is 9.80 Å². The van der Waals surface area contributed by atoms with E-state index in [1.165, 1.54) is 19.2 Å². The predicted molar refractivity (Wildman–Crippen MR) is 114 cm³/mol. The van der Waals surface area contributed by atoms with Gasteiger partial charge in [-0.25, -0.2) is 4.39 Å². The molecule has 0 aliphatic carbocycles. The highest BCUT2D eigenvalue weighted by atomic mass is 19.1. The summed E-state index contributed by atoms with van der Waals surface area (Å²) in [6, 6.07) is 14.4. The molecule has 0 bridgehead atoms. The van der Waals surface area contributed by atoms with Crippen molar-refractivity contribution < 1.29 is 18.7 Å². The van der Waals surface area contributed by atoms with Crippen molar-refractivity contribution in [2.45, 2.75) is 19.3 Å². The first-order valence-electron chi connectivity index (χ1n) is 10.2. The van der Waals surface area contributed by atoms with Crippen LogP contribution in [0.3, 0.4) is 0 Å². The van der Waals surface area contributed by atoms with E-state index in [2.05, 4.69) is 0 Å². The Kier molecular flexibility index (Phi) is 6.87. The van der Waals surface area contributed by atoms with Crippen LogP contribution < -0.4 is 0 Å². The van der Waals surface area contributed by atoms with E-state index in [1.54, 1.807) is 30.0 Å². The normalized spacial score (nSPS) is 18.9. The molecule has 2 amide bonds. The molecule has 0 radical (unpaired) electrons. The standard InChI is InChI=1S/C24H29FN2O3/c1-26(2)23(29)24(11-6-12-27(17-24)22(28)16-30-3)15-18-7-4-8-19(13-18)20-9-5-10-21(25)14-20/h4-5,7-10,13-14H,6,11-12,15-17H2,1-3H3. The summed E-state index contributed by atoms with van der Waals surface area (Å²) in [6.07, 6.45) is 1.99. The molecule has 1 aliphatic rings. The van der Waals surface area contributed by atoms with Gasteiger partial charge in [-0.3, -0.25) is 9.59 Å². The summed E-state index contributed by atoms with van der Waals surface area (Å²) in [4.78, 5) is 29.1. The van der Waals surface area contributed by atoms with Crippen molar-refractivity contribution in [3.8, 4) is 11.1 Å². The molecule has 2 aromatic carbocycles. The molecule has 0 saturated carbocycles. The highest BCUT2D eigenvalue weighted by Gasteiger charge is 2.44. The maximum atomic E-state index is 13.7. The van der Waals surface area contributed by atoms with Crippen LogP contribution in [-0.2, 0) is 20.7 Å². The van der Waals surface area contributed by atoms with E-state index in [1.807, 2.05) is 30.3 Å². The summed E-state index contributed by atoms with van der Waals surface area (Å²) in [7, 11) is 5.00. The summed E-state index contributed by atoms with van der Waals surface area (Å²) in [5.74, 6) is -0.355. The fraction of sp³-hybridized carbons (Fsp3) is 0.417. The fourth-order valence-electron chi connectivity index (χ4n) is 4.35. The van der Waals surface area contributed by atoms with Crippen molar-refractivity contribution in [2.75, 3.05) is 40.9 Å². The number of carbonyl (C=O) groups is 2. The molecule has 5 nitrogen and oxygen atoms in total. The van der Waals surface area contributed by atoms with Crippen LogP contribution in [0.15, 0.2) is 48.5 Å². The highest BCUT2D eigenvalue weighted by Crippen LogP contribution is 2.36. The van der Waals surface area contributed by atoms with Crippen molar-refractivity contribution in [1.29, 1.82) is 0 Å². The minimum Gasteiger partial charge on any atom is -0.375 e. The number of likely N-dealkylation sites (tertiary alicyclic amines) is 1. The highest BCUT2D eigenvalue weighted by molar-refractivity contribution is 5.85. The number of halogens is 1. The lowest BCUT2D eigenvalue weighted by atomic mass is 9.73. The molecule has 160 valence electrons. The third kappa shape index (κ3) is 4.87. The fourth-order valence-corrected chi connectivity index (χ4v) is 4.35. The zero-order valence-electron chi connectivity index (χ0n) is 17.9. The van der Waals surface area contributed by atoms with E-state index in [0.29, 0.717) is 25.9 Å². The molecule has 1 aliphatic heterocycles. The van der Waals surface area contributed by atoms with Gasteiger partial charge in [-0.1, -0.05) is 36.4 Å². The number of ether oxygens (including phenoxy) is 1. The van der Waals surface area contributed by atoms with Crippen LogP contribution >= 0.6 is 0 Å². The average Bonchev–Trinajstić information content (AvgIpc) is 2.73. The first kappa shape index (κ1) is 22.0. The van der Waals surface area contributed by atoms with Gasteiger partial charge < -0.3 is 14.5 Å². The molecule has 2 aromatic rings. The van der Waals surface area contributed by atoms with Gasteiger partial charge in [-0.15, -0.1) is 0 Å². The molecule has 0 spiro atoms. The van der Waals surface area contributed by atoms with Crippen LogP contribution in [0.25, 0.3) is 11.1 Å². The molecule has 1 heterocycles. The zero-order chi connectivity index (χ0) is 21.7. The first-order chi connectivity index (χ1) is 14.3. The van der Waals surface area contributed by atoms with Crippen LogP contribution in [0.1, 0.15) is 18.4 Å². The summed E-state index contributed by atoms with van der Waals surface area (Å²) in [5, 5.41) is 0. The van der Waals surface area contributed by atoms with Gasteiger partial charge in [0.1, 0.15) is 12.4 Å². The van der Waals surface area contributed by atoms with Crippen LogP contribution in [0.2, 0.25) is 0 Å². The third-order valence-electron chi connectivity index (χ3n) is 5.68. The number of hydrogen-bond donors (Lipinski definition) is 0. The summed E-state index contributed by atoms with van der Waals surface area (Å²) < 4.78 is 18.7. The number of benzene rings is 2. The predicted octanol–water partition coefficient (Wildman–Crippen LogP) is 3.38. The number of methoxy groups -OCH3 is 1. The minimum atomic E-state index is -0.689. The quantitative estimate of drug-likeness (QED) is 0.731. The summed E-state index contributed by atoms with van der Waals surface area (Å²) >= 11 is 0. The number of carbonyl (C=O) groups excluding carboxylic acids is 2. The van der Waals surface area contributed by atoms with Gasteiger partial charge in [0.05, 0.1) is 5.41 Å². The lowest BCUT2D eigenvalue weighted by molar-refractivity contribution is -0.148. The third-order valence-corrected chi connectivity index (χ3v) is 5.68. The molecule has 1 saturated heterocycles. The Bertz CT molecular complexity index is 915. The average molecular weight is 413 g/mol. The maximum Gasteiger partial charge on any atom is 0.248 e. The largest absolute Gasteiger partial charge is 0.375 e. The topological polar surface area (TPSA) is 49.9 Å². The van der Waals surface area contributed by atoms with Crippen molar-refractivity contribution in [3.63, 3.8) is 0 Å². The SMILES string of the molecule is COCC(=O)N1CCCC(Cc2cccc(-c3cccc(F)c3)c2)(C(=O)N(C)C)C1. The van der Waals surface area contributed by atoms with Gasteiger partial charge >= 0.3 is 0 Å². The number of hydrogen-bond acceptors (Lipinski definition) is 3. The van der Waals surface area contributed by atoms with Crippen LogP contribution in [-0.4, -0.2) is 62.5 Å². The molecular formula is C24H29FN2O3. The number of piperidine rings is 1. The zero-order valence-corrected chi connectivity index (χ0v) is 17.9. The Balaban J connectivity index is 1.92. The van der Waals surface area contributed by atoms with E-state index in [9.17, 15) is 14.0 Å². The van der Waals surface area contributed by atoms with Gasteiger partial charge in [-0.05, 0) is 48.1 Å². The smallest absolute Gasteiger partial charge is 0.248 e. The summed E-state index contributed by atoms with van der Waals surface area (Å²) in [6.45, 7) is 1.02.